The summed E-state index contributed by atoms with van der Waals surface area (Å²) < 4.78 is 39.8. The molecule has 1 aromatic carbocycles. The van der Waals surface area contributed by atoms with E-state index in [1.165, 1.54) is 12.3 Å². The summed E-state index contributed by atoms with van der Waals surface area (Å²) >= 11 is 0. The van der Waals surface area contributed by atoms with Crippen LogP contribution in [-0.2, 0) is 27.8 Å². The zero-order chi connectivity index (χ0) is 25.6. The van der Waals surface area contributed by atoms with Crippen LogP contribution in [-0.4, -0.2) is 42.2 Å². The van der Waals surface area contributed by atoms with Crippen molar-refractivity contribution in [1.29, 1.82) is 0 Å². The number of rotatable bonds is 11. The van der Waals surface area contributed by atoms with Crippen molar-refractivity contribution < 1.29 is 27.2 Å². The van der Waals surface area contributed by atoms with Gasteiger partial charge in [-0.25, -0.2) is 13.2 Å². The molecule has 2 heterocycles. The fourth-order valence-corrected chi connectivity index (χ4v) is 5.14. The van der Waals surface area contributed by atoms with Crippen molar-refractivity contribution in [1.82, 2.24) is 8.87 Å². The normalized spacial score (nSPS) is 11.9. The fraction of sp³-hybridized carbons (Fsp3) is 0.308. The molecule has 0 radical (unpaired) electrons. The summed E-state index contributed by atoms with van der Waals surface area (Å²) in [5.74, 6) is -0.526. The molecule has 0 bridgehead atoms. The Bertz CT molecular complexity index is 1310. The Balaban J connectivity index is 1.97. The van der Waals surface area contributed by atoms with Crippen LogP contribution in [0, 0.1) is 13.8 Å². The number of hydrogen-bond donors (Lipinski definition) is 0. The molecule has 0 atom stereocenters. The number of nitrogens with zero attached hydrogens (tertiary/aromatic N) is 2. The first-order valence-electron chi connectivity index (χ1n) is 11.3. The summed E-state index contributed by atoms with van der Waals surface area (Å²) in [6.07, 6.45) is 2.93. The van der Waals surface area contributed by atoms with Gasteiger partial charge in [0.25, 0.3) is 0 Å². The number of Topliss-reactive ketones (excluding diaryl/α,β-unsaturated/α-hetero) is 1. The number of hydrogen-bond acceptors (Lipinski definition) is 6. The van der Waals surface area contributed by atoms with E-state index in [0.29, 0.717) is 40.4 Å². The van der Waals surface area contributed by atoms with E-state index in [1.807, 2.05) is 25.1 Å². The first-order chi connectivity index (χ1) is 16.7. The highest BCUT2D eigenvalue weighted by molar-refractivity contribution is 7.92. The lowest BCUT2D eigenvalue weighted by Gasteiger charge is -2.19. The second-order valence-corrected chi connectivity index (χ2v) is 9.75. The molecule has 0 N–H and O–H groups in total. The third-order valence-electron chi connectivity index (χ3n) is 5.65. The number of aromatic nitrogens is 1. The molecular formula is C26H30N2O6S. The third kappa shape index (κ3) is 5.98. The third-order valence-corrected chi connectivity index (χ3v) is 7.11. The van der Waals surface area contributed by atoms with Crippen molar-refractivity contribution in [2.75, 3.05) is 13.2 Å². The molecule has 0 aliphatic carbocycles. The van der Waals surface area contributed by atoms with Crippen LogP contribution in [0.4, 0.5) is 0 Å². The maximum absolute atomic E-state index is 13.5. The van der Waals surface area contributed by atoms with Gasteiger partial charge in [0.15, 0.2) is 5.78 Å². The number of ketones is 1. The van der Waals surface area contributed by atoms with Crippen molar-refractivity contribution in [3.05, 3.63) is 88.0 Å². The molecule has 186 valence electrons. The summed E-state index contributed by atoms with van der Waals surface area (Å²) in [6.45, 7) is 7.14. The zero-order valence-corrected chi connectivity index (χ0v) is 21.2. The second-order valence-electron chi connectivity index (χ2n) is 7.93. The van der Waals surface area contributed by atoms with Crippen LogP contribution >= 0.6 is 0 Å². The summed E-state index contributed by atoms with van der Waals surface area (Å²) in [5, 5.41) is 1.08. The number of benzene rings is 1. The molecule has 0 unspecified atom stereocenters. The summed E-state index contributed by atoms with van der Waals surface area (Å²) in [6, 6.07) is 12.3. The summed E-state index contributed by atoms with van der Waals surface area (Å²) in [4.78, 5) is 26.0. The molecule has 0 spiro atoms. The lowest BCUT2D eigenvalue weighted by atomic mass is 10.1. The molecule has 0 amide bonds. The van der Waals surface area contributed by atoms with Crippen LogP contribution in [0.1, 0.15) is 57.3 Å². The lowest BCUT2D eigenvalue weighted by Crippen LogP contribution is -2.34. The Morgan fingerprint density at radius 2 is 1.80 bits per heavy atom. The highest BCUT2D eigenvalue weighted by Crippen LogP contribution is 2.25. The van der Waals surface area contributed by atoms with Gasteiger partial charge in [0.05, 0.1) is 26.0 Å². The standard InChI is InChI=1S/C26H30N2O6S/c1-5-28-20(4)24(19(3)25(28)26(30)33-6-2)23(29)18-27(17-22-13-10-15-34-22)35(31,32)16-14-21-11-8-7-9-12-21/h7-16H,5-6,17-18H2,1-4H3/b16-14+. The Morgan fingerprint density at radius 3 is 2.40 bits per heavy atom. The molecule has 35 heavy (non-hydrogen) atoms. The lowest BCUT2D eigenvalue weighted by molar-refractivity contribution is 0.0512. The molecule has 3 rings (SSSR count). The van der Waals surface area contributed by atoms with Crippen molar-refractivity contribution in [3.63, 3.8) is 0 Å². The van der Waals surface area contributed by atoms with Gasteiger partial charge < -0.3 is 13.7 Å². The average Bonchev–Trinajstić information content (AvgIpc) is 3.43. The Morgan fingerprint density at radius 1 is 1.09 bits per heavy atom. The van der Waals surface area contributed by atoms with Gasteiger partial charge in [-0.15, -0.1) is 0 Å². The molecule has 0 aliphatic rings. The van der Waals surface area contributed by atoms with Gasteiger partial charge in [-0.3, -0.25) is 4.79 Å². The highest BCUT2D eigenvalue weighted by Gasteiger charge is 2.30. The zero-order valence-electron chi connectivity index (χ0n) is 20.4. The van der Waals surface area contributed by atoms with Gasteiger partial charge in [-0.1, -0.05) is 30.3 Å². The quantitative estimate of drug-likeness (QED) is 0.283. The highest BCUT2D eigenvalue weighted by atomic mass is 32.2. The Hall–Kier alpha value is -3.43. The minimum Gasteiger partial charge on any atom is -0.468 e. The van der Waals surface area contributed by atoms with Crippen LogP contribution in [0.2, 0.25) is 0 Å². The van der Waals surface area contributed by atoms with E-state index in [0.717, 1.165) is 9.71 Å². The first-order valence-corrected chi connectivity index (χ1v) is 12.9. The largest absolute Gasteiger partial charge is 0.468 e. The van der Waals surface area contributed by atoms with Gasteiger partial charge in [0.2, 0.25) is 10.0 Å². The second kappa shape index (κ2) is 11.3. The minimum absolute atomic E-state index is 0.114. The molecule has 8 nitrogen and oxygen atoms in total. The van der Waals surface area contributed by atoms with Crippen LogP contribution in [0.3, 0.4) is 0 Å². The SMILES string of the molecule is CCOC(=O)c1c(C)c(C(=O)CN(Cc2ccco2)S(=O)(=O)/C=C/c2ccccc2)c(C)n1CC. The van der Waals surface area contributed by atoms with Crippen molar-refractivity contribution in [3.8, 4) is 0 Å². The van der Waals surface area contributed by atoms with E-state index in [1.54, 1.807) is 49.6 Å². The molecule has 0 fully saturated rings. The van der Waals surface area contributed by atoms with E-state index < -0.39 is 28.3 Å². The van der Waals surface area contributed by atoms with Crippen LogP contribution < -0.4 is 0 Å². The topological polar surface area (TPSA) is 98.8 Å². The maximum Gasteiger partial charge on any atom is 0.355 e. The predicted octanol–water partition coefficient (Wildman–Crippen LogP) is 4.58. The van der Waals surface area contributed by atoms with Gasteiger partial charge in [-0.2, -0.15) is 4.31 Å². The van der Waals surface area contributed by atoms with E-state index in [4.69, 9.17) is 9.15 Å². The minimum atomic E-state index is -3.99. The molecule has 9 heteroatoms. The molecule has 2 aromatic heterocycles. The maximum atomic E-state index is 13.5. The number of carbonyl (C=O) groups excluding carboxylic acids is 2. The molecular weight excluding hydrogens is 468 g/mol. The van der Waals surface area contributed by atoms with E-state index in [9.17, 15) is 18.0 Å². The van der Waals surface area contributed by atoms with Crippen LogP contribution in [0.15, 0.2) is 58.6 Å². The first kappa shape index (κ1) is 26.2. The van der Waals surface area contributed by atoms with Gasteiger partial charge in [0, 0.05) is 23.2 Å². The van der Waals surface area contributed by atoms with Crippen LogP contribution in [0.5, 0.6) is 0 Å². The van der Waals surface area contributed by atoms with Gasteiger partial charge >= 0.3 is 5.97 Å². The number of sulfonamides is 1. The Labute approximate surface area is 205 Å². The van der Waals surface area contributed by atoms with E-state index in [-0.39, 0.29) is 13.2 Å². The number of carbonyl (C=O) groups is 2. The van der Waals surface area contributed by atoms with Crippen molar-refractivity contribution in [2.24, 2.45) is 0 Å². The molecule has 0 saturated heterocycles. The average molecular weight is 499 g/mol. The number of esters is 1. The number of furan rings is 1. The Kier molecular flexibility index (Phi) is 8.48. The smallest absolute Gasteiger partial charge is 0.355 e. The summed E-state index contributed by atoms with van der Waals surface area (Å²) in [7, 11) is -3.99. The summed E-state index contributed by atoms with van der Waals surface area (Å²) in [5.41, 5.74) is 2.41. The molecule has 0 saturated carbocycles. The fourth-order valence-electron chi connectivity index (χ4n) is 4.03. The van der Waals surface area contributed by atoms with E-state index in [2.05, 4.69) is 0 Å². The van der Waals surface area contributed by atoms with Crippen molar-refractivity contribution >= 4 is 27.9 Å². The monoisotopic (exact) mass is 498 g/mol. The number of ether oxygens (including phenoxy) is 1. The van der Waals surface area contributed by atoms with Crippen molar-refractivity contribution in [2.45, 2.75) is 40.8 Å². The van der Waals surface area contributed by atoms with E-state index >= 15 is 0 Å². The molecule has 3 aromatic rings. The van der Waals surface area contributed by atoms with Crippen LogP contribution in [0.25, 0.3) is 6.08 Å². The predicted molar refractivity (Wildman–Crippen MR) is 133 cm³/mol. The van der Waals surface area contributed by atoms with Gasteiger partial charge in [-0.05, 0) is 57.0 Å². The molecule has 0 aliphatic heterocycles. The van der Waals surface area contributed by atoms with Gasteiger partial charge in [0.1, 0.15) is 11.5 Å².